The average Bonchev–Trinajstić information content (AvgIpc) is 2.47. The second-order valence-corrected chi connectivity index (χ2v) is 6.78. The zero-order valence-electron chi connectivity index (χ0n) is 12.3. The summed E-state index contributed by atoms with van der Waals surface area (Å²) in [6.07, 6.45) is 1.41. The van der Waals surface area contributed by atoms with Gasteiger partial charge in [0.25, 0.3) is 9.84 Å². The molecule has 0 aliphatic carbocycles. The molecule has 0 aliphatic heterocycles. The van der Waals surface area contributed by atoms with Crippen molar-refractivity contribution < 1.29 is 21.6 Å². The third kappa shape index (κ3) is 3.55. The van der Waals surface area contributed by atoms with Gasteiger partial charge in [0.15, 0.2) is 0 Å². The number of para-hydroxylation sites is 1. The van der Waals surface area contributed by atoms with Crippen molar-refractivity contribution in [1.82, 2.24) is 4.98 Å². The Morgan fingerprint density at radius 2 is 1.74 bits per heavy atom. The van der Waals surface area contributed by atoms with Gasteiger partial charge in [-0.2, -0.15) is 13.2 Å². The molecule has 1 heterocycles. The molecule has 1 aromatic heterocycles. The average molecular weight is 345 g/mol. The van der Waals surface area contributed by atoms with Gasteiger partial charge in [0.2, 0.25) is 0 Å². The molecule has 0 radical (unpaired) electrons. The Kier molecular flexibility index (Phi) is 4.51. The SMILES string of the molecule is CN(C)c1ccc(Nc2ccccc2S(=O)(=O)C(F)(F)F)cn1. The van der Waals surface area contributed by atoms with Crippen molar-refractivity contribution in [3.63, 3.8) is 0 Å². The van der Waals surface area contributed by atoms with E-state index in [-0.39, 0.29) is 5.69 Å². The van der Waals surface area contributed by atoms with E-state index in [1.54, 1.807) is 31.1 Å². The lowest BCUT2D eigenvalue weighted by Crippen LogP contribution is -2.24. The molecule has 0 saturated heterocycles. The van der Waals surface area contributed by atoms with E-state index in [9.17, 15) is 21.6 Å². The highest BCUT2D eigenvalue weighted by molar-refractivity contribution is 7.92. The first kappa shape index (κ1) is 17.1. The van der Waals surface area contributed by atoms with Crippen molar-refractivity contribution >= 4 is 27.0 Å². The minimum absolute atomic E-state index is 0.163. The highest BCUT2D eigenvalue weighted by atomic mass is 32.2. The minimum Gasteiger partial charge on any atom is -0.363 e. The summed E-state index contributed by atoms with van der Waals surface area (Å²) < 4.78 is 61.5. The molecule has 0 spiro atoms. The molecule has 0 saturated carbocycles. The number of anilines is 3. The fourth-order valence-corrected chi connectivity index (χ4v) is 2.72. The Morgan fingerprint density at radius 3 is 2.26 bits per heavy atom. The monoisotopic (exact) mass is 345 g/mol. The molecule has 1 N–H and O–H groups in total. The van der Waals surface area contributed by atoms with Crippen molar-refractivity contribution in [3.8, 4) is 0 Å². The first-order valence-corrected chi connectivity index (χ1v) is 7.92. The summed E-state index contributed by atoms with van der Waals surface area (Å²) in [6.45, 7) is 0. The van der Waals surface area contributed by atoms with E-state index < -0.39 is 20.2 Å². The van der Waals surface area contributed by atoms with E-state index in [4.69, 9.17) is 0 Å². The molecule has 23 heavy (non-hydrogen) atoms. The standard InChI is InChI=1S/C14H14F3N3O2S/c1-20(2)13-8-7-10(9-18-13)19-11-5-3-4-6-12(11)23(21,22)14(15,16)17/h3-9,19H,1-2H3. The number of sulfone groups is 1. The highest BCUT2D eigenvalue weighted by Gasteiger charge is 2.47. The Morgan fingerprint density at radius 1 is 1.09 bits per heavy atom. The van der Waals surface area contributed by atoms with Crippen molar-refractivity contribution in [3.05, 3.63) is 42.6 Å². The normalized spacial score (nSPS) is 12.0. The van der Waals surface area contributed by atoms with Crippen molar-refractivity contribution in [2.24, 2.45) is 0 Å². The van der Waals surface area contributed by atoms with Gasteiger partial charge in [-0.25, -0.2) is 13.4 Å². The van der Waals surface area contributed by atoms with E-state index >= 15 is 0 Å². The van der Waals surface area contributed by atoms with Crippen LogP contribution in [0.3, 0.4) is 0 Å². The van der Waals surface area contributed by atoms with Crippen LogP contribution in [0.1, 0.15) is 0 Å². The molecular formula is C14H14F3N3O2S. The number of rotatable bonds is 4. The van der Waals surface area contributed by atoms with Crippen LogP contribution < -0.4 is 10.2 Å². The van der Waals surface area contributed by atoms with Crippen LogP contribution in [0.15, 0.2) is 47.5 Å². The Bertz CT molecular complexity index is 788. The molecule has 2 aromatic rings. The number of benzene rings is 1. The fraction of sp³-hybridized carbons (Fsp3) is 0.214. The Labute approximate surface area is 131 Å². The number of hydrogen-bond donors (Lipinski definition) is 1. The summed E-state index contributed by atoms with van der Waals surface area (Å²) >= 11 is 0. The first-order chi connectivity index (χ1) is 10.6. The fourth-order valence-electron chi connectivity index (χ4n) is 1.81. The van der Waals surface area contributed by atoms with E-state index in [0.29, 0.717) is 11.5 Å². The number of pyridine rings is 1. The predicted molar refractivity (Wildman–Crippen MR) is 81.5 cm³/mol. The minimum atomic E-state index is -5.44. The van der Waals surface area contributed by atoms with Gasteiger partial charge < -0.3 is 10.2 Å². The zero-order valence-corrected chi connectivity index (χ0v) is 13.1. The van der Waals surface area contributed by atoms with Gasteiger partial charge in [0.1, 0.15) is 5.82 Å². The number of nitrogens with one attached hydrogen (secondary N) is 1. The quantitative estimate of drug-likeness (QED) is 0.922. The molecule has 2 rings (SSSR count). The maximum absolute atomic E-state index is 12.7. The highest BCUT2D eigenvalue weighted by Crippen LogP contribution is 2.35. The summed E-state index contributed by atoms with van der Waals surface area (Å²) in [4.78, 5) is 5.03. The second-order valence-electron chi connectivity index (χ2n) is 4.87. The first-order valence-electron chi connectivity index (χ1n) is 6.44. The van der Waals surface area contributed by atoms with Crippen LogP contribution in [0.4, 0.5) is 30.4 Å². The van der Waals surface area contributed by atoms with Gasteiger partial charge in [-0.15, -0.1) is 0 Å². The molecule has 0 fully saturated rings. The van der Waals surface area contributed by atoms with Crippen LogP contribution in [0.25, 0.3) is 0 Å². The van der Waals surface area contributed by atoms with E-state index in [2.05, 4.69) is 10.3 Å². The molecule has 5 nitrogen and oxygen atoms in total. The van der Waals surface area contributed by atoms with Crippen LogP contribution in [0, 0.1) is 0 Å². The van der Waals surface area contributed by atoms with Crippen LogP contribution >= 0.6 is 0 Å². The summed E-state index contributed by atoms with van der Waals surface area (Å²) in [6, 6.07) is 8.10. The summed E-state index contributed by atoms with van der Waals surface area (Å²) in [5, 5.41) is 2.66. The van der Waals surface area contributed by atoms with Crippen molar-refractivity contribution in [1.29, 1.82) is 0 Å². The molecule has 0 bridgehead atoms. The van der Waals surface area contributed by atoms with Gasteiger partial charge in [0.05, 0.1) is 22.5 Å². The Balaban J connectivity index is 2.39. The van der Waals surface area contributed by atoms with E-state index in [0.717, 1.165) is 6.07 Å². The van der Waals surface area contributed by atoms with Crippen molar-refractivity contribution in [2.75, 3.05) is 24.3 Å². The number of aromatic nitrogens is 1. The zero-order chi connectivity index (χ0) is 17.3. The van der Waals surface area contributed by atoms with Gasteiger partial charge in [-0.05, 0) is 24.3 Å². The third-order valence-electron chi connectivity index (χ3n) is 2.97. The van der Waals surface area contributed by atoms with Crippen LogP contribution in [-0.2, 0) is 9.84 Å². The number of hydrogen-bond acceptors (Lipinski definition) is 5. The van der Waals surface area contributed by atoms with Crippen LogP contribution in [-0.4, -0.2) is 33.0 Å². The largest absolute Gasteiger partial charge is 0.501 e. The predicted octanol–water partition coefficient (Wildman–Crippen LogP) is 3.18. The maximum Gasteiger partial charge on any atom is 0.501 e. The van der Waals surface area contributed by atoms with Gasteiger partial charge in [-0.3, -0.25) is 0 Å². The van der Waals surface area contributed by atoms with Gasteiger partial charge >= 0.3 is 5.51 Å². The van der Waals surface area contributed by atoms with Gasteiger partial charge in [0, 0.05) is 14.1 Å². The molecule has 0 aliphatic rings. The van der Waals surface area contributed by atoms with Gasteiger partial charge in [-0.1, -0.05) is 12.1 Å². The lowest BCUT2D eigenvalue weighted by molar-refractivity contribution is -0.0435. The molecule has 1 aromatic carbocycles. The summed E-state index contributed by atoms with van der Waals surface area (Å²) in [5.41, 5.74) is -5.15. The Hall–Kier alpha value is -2.29. The third-order valence-corrected chi connectivity index (χ3v) is 4.51. The number of alkyl halides is 3. The molecule has 9 heteroatoms. The second kappa shape index (κ2) is 6.07. The molecule has 124 valence electrons. The molecular weight excluding hydrogens is 331 g/mol. The number of nitrogens with zero attached hydrogens (tertiary/aromatic N) is 2. The van der Waals surface area contributed by atoms with E-state index in [1.807, 2.05) is 0 Å². The maximum atomic E-state index is 12.7. The summed E-state index contributed by atoms with van der Waals surface area (Å²) in [5.74, 6) is 0.659. The topological polar surface area (TPSA) is 62.3 Å². The lowest BCUT2D eigenvalue weighted by atomic mass is 10.3. The van der Waals surface area contributed by atoms with Crippen molar-refractivity contribution in [2.45, 2.75) is 10.4 Å². The van der Waals surface area contributed by atoms with Crippen LogP contribution in [0.2, 0.25) is 0 Å². The molecule has 0 amide bonds. The summed E-state index contributed by atoms with van der Waals surface area (Å²) in [7, 11) is -1.86. The molecule has 0 atom stereocenters. The molecule has 0 unspecified atom stereocenters. The lowest BCUT2D eigenvalue weighted by Gasteiger charge is -2.15. The van der Waals surface area contributed by atoms with Crippen LogP contribution in [0.5, 0.6) is 0 Å². The number of halogens is 3. The van der Waals surface area contributed by atoms with E-state index in [1.165, 1.54) is 24.4 Å². The smallest absolute Gasteiger partial charge is 0.363 e.